The van der Waals surface area contributed by atoms with E-state index in [4.69, 9.17) is 0 Å². The number of fused-ring (bicyclic) bond motifs is 1. The van der Waals surface area contributed by atoms with Crippen LogP contribution in [0.3, 0.4) is 0 Å². The van der Waals surface area contributed by atoms with Crippen molar-refractivity contribution in [1.82, 2.24) is 14.5 Å². The third-order valence-electron chi connectivity index (χ3n) is 3.48. The van der Waals surface area contributed by atoms with E-state index in [-0.39, 0.29) is 0 Å². The second-order valence-electron chi connectivity index (χ2n) is 5.28. The van der Waals surface area contributed by atoms with E-state index in [2.05, 4.69) is 53.4 Å². The van der Waals surface area contributed by atoms with Gasteiger partial charge in [-0.05, 0) is 29.7 Å². The summed E-state index contributed by atoms with van der Waals surface area (Å²) in [7, 11) is 1.98. The third-order valence-corrected chi connectivity index (χ3v) is 3.48. The van der Waals surface area contributed by atoms with Crippen LogP contribution in [-0.4, -0.2) is 14.5 Å². The van der Waals surface area contributed by atoms with Gasteiger partial charge in [0.1, 0.15) is 5.52 Å². The average molecular weight is 266 g/mol. The van der Waals surface area contributed by atoms with E-state index in [1.807, 2.05) is 17.7 Å². The van der Waals surface area contributed by atoms with Crippen LogP contribution in [-0.2, 0) is 7.05 Å². The molecular formula is C16H18N4. The van der Waals surface area contributed by atoms with Crippen LogP contribution in [0.25, 0.3) is 11.0 Å². The van der Waals surface area contributed by atoms with Crippen molar-refractivity contribution in [1.29, 1.82) is 0 Å². The molecule has 0 spiro atoms. The quantitative estimate of drug-likeness (QED) is 0.783. The largest absolute Gasteiger partial charge is 0.338 e. The first-order valence-electron chi connectivity index (χ1n) is 6.78. The molecule has 102 valence electrons. The van der Waals surface area contributed by atoms with Crippen molar-refractivity contribution in [3.05, 3.63) is 48.4 Å². The molecule has 0 fully saturated rings. The molecule has 0 aliphatic rings. The third kappa shape index (κ3) is 2.25. The first kappa shape index (κ1) is 12.7. The van der Waals surface area contributed by atoms with Crippen molar-refractivity contribution in [2.24, 2.45) is 7.05 Å². The fourth-order valence-corrected chi connectivity index (χ4v) is 2.24. The molecule has 2 aromatic heterocycles. The molecule has 0 amide bonds. The van der Waals surface area contributed by atoms with E-state index in [1.165, 1.54) is 5.56 Å². The number of anilines is 2. The molecule has 0 saturated carbocycles. The van der Waals surface area contributed by atoms with Gasteiger partial charge in [-0.15, -0.1) is 0 Å². The van der Waals surface area contributed by atoms with Gasteiger partial charge in [0.05, 0.1) is 11.8 Å². The fourth-order valence-electron chi connectivity index (χ4n) is 2.24. The molecule has 1 aromatic carbocycles. The SMILES string of the molecule is CC(C)c1ccc(Nc2nccc3c2ncn3C)cc1. The number of imidazole rings is 1. The number of hydrogen-bond acceptors (Lipinski definition) is 3. The normalized spacial score (nSPS) is 11.2. The van der Waals surface area contributed by atoms with Crippen molar-refractivity contribution < 1.29 is 0 Å². The molecule has 1 N–H and O–H groups in total. The maximum Gasteiger partial charge on any atom is 0.158 e. The lowest BCUT2D eigenvalue weighted by Crippen LogP contribution is -1.96. The van der Waals surface area contributed by atoms with Crippen molar-refractivity contribution in [2.45, 2.75) is 19.8 Å². The molecule has 0 unspecified atom stereocenters. The van der Waals surface area contributed by atoms with Crippen LogP contribution in [0.1, 0.15) is 25.3 Å². The molecule has 3 rings (SSSR count). The highest BCUT2D eigenvalue weighted by Crippen LogP contribution is 2.24. The van der Waals surface area contributed by atoms with Gasteiger partial charge < -0.3 is 9.88 Å². The van der Waals surface area contributed by atoms with Crippen LogP contribution >= 0.6 is 0 Å². The highest BCUT2D eigenvalue weighted by atomic mass is 15.1. The van der Waals surface area contributed by atoms with E-state index in [0.29, 0.717) is 5.92 Å². The number of hydrogen-bond donors (Lipinski definition) is 1. The van der Waals surface area contributed by atoms with E-state index in [1.54, 1.807) is 12.5 Å². The summed E-state index contributed by atoms with van der Waals surface area (Å²) in [6, 6.07) is 10.4. The summed E-state index contributed by atoms with van der Waals surface area (Å²) in [5.41, 5.74) is 4.32. The molecule has 4 heteroatoms. The van der Waals surface area contributed by atoms with Crippen molar-refractivity contribution in [2.75, 3.05) is 5.32 Å². The zero-order chi connectivity index (χ0) is 14.1. The second kappa shape index (κ2) is 4.96. The molecule has 0 aliphatic heterocycles. The van der Waals surface area contributed by atoms with Crippen LogP contribution in [0.5, 0.6) is 0 Å². The van der Waals surface area contributed by atoms with Gasteiger partial charge in [0.2, 0.25) is 0 Å². The van der Waals surface area contributed by atoms with Crippen molar-refractivity contribution >= 4 is 22.5 Å². The van der Waals surface area contributed by atoms with Crippen LogP contribution in [0, 0.1) is 0 Å². The maximum absolute atomic E-state index is 4.40. The Labute approximate surface area is 118 Å². The first-order chi connectivity index (χ1) is 9.65. The number of pyridine rings is 1. The monoisotopic (exact) mass is 266 g/mol. The van der Waals surface area contributed by atoms with Gasteiger partial charge in [0.15, 0.2) is 5.82 Å². The van der Waals surface area contributed by atoms with E-state index < -0.39 is 0 Å². The minimum Gasteiger partial charge on any atom is -0.338 e. The Morgan fingerprint density at radius 2 is 1.80 bits per heavy atom. The molecule has 0 bridgehead atoms. The Morgan fingerprint density at radius 3 is 2.50 bits per heavy atom. The Morgan fingerprint density at radius 1 is 1.05 bits per heavy atom. The summed E-state index contributed by atoms with van der Waals surface area (Å²) in [6.07, 6.45) is 3.61. The van der Waals surface area contributed by atoms with E-state index >= 15 is 0 Å². The summed E-state index contributed by atoms with van der Waals surface area (Å²) in [5, 5.41) is 3.34. The number of nitrogens with zero attached hydrogens (tertiary/aromatic N) is 3. The zero-order valence-corrected chi connectivity index (χ0v) is 12.0. The molecule has 0 saturated heterocycles. The Balaban J connectivity index is 1.93. The molecule has 4 nitrogen and oxygen atoms in total. The lowest BCUT2D eigenvalue weighted by Gasteiger charge is -2.09. The summed E-state index contributed by atoms with van der Waals surface area (Å²) in [6.45, 7) is 4.39. The van der Waals surface area contributed by atoms with Crippen LogP contribution in [0.2, 0.25) is 0 Å². The summed E-state index contributed by atoms with van der Waals surface area (Å²) in [4.78, 5) is 8.78. The number of nitrogens with one attached hydrogen (secondary N) is 1. The molecule has 0 aliphatic carbocycles. The van der Waals surface area contributed by atoms with Gasteiger partial charge in [-0.25, -0.2) is 9.97 Å². The van der Waals surface area contributed by atoms with Crippen LogP contribution in [0.4, 0.5) is 11.5 Å². The van der Waals surface area contributed by atoms with Gasteiger partial charge in [0.25, 0.3) is 0 Å². The van der Waals surface area contributed by atoms with E-state index in [9.17, 15) is 0 Å². The molecule has 20 heavy (non-hydrogen) atoms. The predicted molar refractivity (Wildman–Crippen MR) is 82.3 cm³/mol. The van der Waals surface area contributed by atoms with Crippen molar-refractivity contribution in [3.8, 4) is 0 Å². The lowest BCUT2D eigenvalue weighted by atomic mass is 10.0. The van der Waals surface area contributed by atoms with E-state index in [0.717, 1.165) is 22.5 Å². The number of rotatable bonds is 3. The van der Waals surface area contributed by atoms with Gasteiger partial charge in [0, 0.05) is 18.9 Å². The standard InChI is InChI=1S/C16H18N4/c1-11(2)12-4-6-13(7-5-12)19-16-15-14(8-9-17-16)20(3)10-18-15/h4-11H,1-3H3,(H,17,19). The highest BCUT2D eigenvalue weighted by molar-refractivity contribution is 5.87. The summed E-state index contributed by atoms with van der Waals surface area (Å²) < 4.78 is 1.99. The second-order valence-corrected chi connectivity index (χ2v) is 5.28. The number of benzene rings is 1. The fraction of sp³-hybridized carbons (Fsp3) is 0.250. The zero-order valence-electron chi connectivity index (χ0n) is 12.0. The van der Waals surface area contributed by atoms with Gasteiger partial charge in [-0.1, -0.05) is 26.0 Å². The molecule has 2 heterocycles. The van der Waals surface area contributed by atoms with Crippen LogP contribution in [0.15, 0.2) is 42.9 Å². The molecule has 0 atom stereocenters. The summed E-state index contributed by atoms with van der Waals surface area (Å²) >= 11 is 0. The van der Waals surface area contributed by atoms with Crippen molar-refractivity contribution in [3.63, 3.8) is 0 Å². The highest BCUT2D eigenvalue weighted by Gasteiger charge is 2.07. The smallest absolute Gasteiger partial charge is 0.158 e. The Bertz CT molecular complexity index is 726. The minimum absolute atomic E-state index is 0.543. The number of aromatic nitrogens is 3. The summed E-state index contributed by atoms with van der Waals surface area (Å²) in [5.74, 6) is 1.33. The predicted octanol–water partition coefficient (Wildman–Crippen LogP) is 3.84. The van der Waals surface area contributed by atoms with Gasteiger partial charge in [-0.2, -0.15) is 0 Å². The average Bonchev–Trinajstić information content (AvgIpc) is 2.82. The van der Waals surface area contributed by atoms with Gasteiger partial charge >= 0.3 is 0 Å². The number of aryl methyl sites for hydroxylation is 1. The van der Waals surface area contributed by atoms with Gasteiger partial charge in [-0.3, -0.25) is 0 Å². The maximum atomic E-state index is 4.40. The Hall–Kier alpha value is -2.36. The van der Waals surface area contributed by atoms with Crippen LogP contribution < -0.4 is 5.32 Å². The first-order valence-corrected chi connectivity index (χ1v) is 6.78. The Kier molecular flexibility index (Phi) is 3.14. The molecule has 0 radical (unpaired) electrons. The topological polar surface area (TPSA) is 42.7 Å². The lowest BCUT2D eigenvalue weighted by molar-refractivity contribution is 0.867. The minimum atomic E-state index is 0.543. The molecular weight excluding hydrogens is 248 g/mol. The molecule has 3 aromatic rings.